The lowest BCUT2D eigenvalue weighted by atomic mass is 10.0. The zero-order chi connectivity index (χ0) is 16.0. The average Bonchev–Trinajstić information content (AvgIpc) is 2.85. The van der Waals surface area contributed by atoms with Gasteiger partial charge in [0.15, 0.2) is 0 Å². The number of hydrogen-bond donors (Lipinski definition) is 2. The predicted molar refractivity (Wildman–Crippen MR) is 85.4 cm³/mol. The van der Waals surface area contributed by atoms with Crippen molar-refractivity contribution in [3.63, 3.8) is 0 Å². The van der Waals surface area contributed by atoms with Crippen LogP contribution in [0.4, 0.5) is 4.79 Å². The highest BCUT2D eigenvalue weighted by molar-refractivity contribution is 7.08. The molecule has 0 aliphatic heterocycles. The normalized spacial score (nSPS) is 13.1. The van der Waals surface area contributed by atoms with Crippen LogP contribution in [0.3, 0.4) is 0 Å². The molecule has 0 aliphatic carbocycles. The van der Waals surface area contributed by atoms with Crippen LogP contribution in [-0.2, 0) is 4.79 Å². The van der Waals surface area contributed by atoms with Crippen molar-refractivity contribution in [3.8, 4) is 0 Å². The maximum Gasteiger partial charge on any atom is 0.408 e. The Balaban J connectivity index is 2.55. The predicted octanol–water partition coefficient (Wildman–Crippen LogP) is 3.04. The van der Waals surface area contributed by atoms with Crippen molar-refractivity contribution < 1.29 is 14.7 Å². The Morgan fingerprint density at radius 2 is 2.14 bits per heavy atom. The molecular weight excluding hydrogens is 288 g/mol. The molecule has 0 unspecified atom stereocenters. The van der Waals surface area contributed by atoms with Crippen LogP contribution in [0, 0.1) is 0 Å². The summed E-state index contributed by atoms with van der Waals surface area (Å²) in [4.78, 5) is 24.5. The van der Waals surface area contributed by atoms with Gasteiger partial charge in [0.25, 0.3) is 0 Å². The fourth-order valence-corrected chi connectivity index (χ4v) is 2.65. The van der Waals surface area contributed by atoms with Gasteiger partial charge in [0.1, 0.15) is 6.04 Å². The number of carbonyl (C=O) groups is 2. The van der Waals surface area contributed by atoms with E-state index in [0.29, 0.717) is 6.54 Å². The van der Waals surface area contributed by atoms with E-state index in [-0.39, 0.29) is 5.91 Å². The first kappa shape index (κ1) is 17.2. The Kier molecular flexibility index (Phi) is 5.96. The maximum absolute atomic E-state index is 12.0. The summed E-state index contributed by atoms with van der Waals surface area (Å²) in [6.07, 6.45) is 2.66. The van der Waals surface area contributed by atoms with E-state index in [1.807, 2.05) is 29.0 Å². The summed E-state index contributed by atoms with van der Waals surface area (Å²) in [5.41, 5.74) is 0.457. The Morgan fingerprint density at radius 1 is 1.48 bits per heavy atom. The number of thiophene rings is 1. The summed E-state index contributed by atoms with van der Waals surface area (Å²) in [6, 6.07) is 1.24. The van der Waals surface area contributed by atoms with Gasteiger partial charge in [-0.15, -0.1) is 0 Å². The number of nitrogens with zero attached hydrogens (tertiary/aromatic N) is 1. The van der Waals surface area contributed by atoms with Gasteiger partial charge in [-0.25, -0.2) is 4.79 Å². The minimum atomic E-state index is -1.10. The molecule has 0 saturated heterocycles. The molecule has 5 nitrogen and oxygen atoms in total. The van der Waals surface area contributed by atoms with Crippen LogP contribution in [-0.4, -0.2) is 40.1 Å². The van der Waals surface area contributed by atoms with Gasteiger partial charge in [0, 0.05) is 12.1 Å². The van der Waals surface area contributed by atoms with Gasteiger partial charge in [-0.1, -0.05) is 12.2 Å². The summed E-state index contributed by atoms with van der Waals surface area (Å²) in [5.74, 6) is -0.303. The van der Waals surface area contributed by atoms with Crippen molar-refractivity contribution in [1.82, 2.24) is 10.2 Å². The smallest absolute Gasteiger partial charge is 0.408 e. The molecule has 116 valence electrons. The number of carboxylic acid groups (broad SMARTS) is 1. The molecule has 0 aromatic carbocycles. The van der Waals surface area contributed by atoms with Gasteiger partial charge in [-0.3, -0.25) is 9.69 Å². The third-order valence-electron chi connectivity index (χ3n) is 2.94. The Hall–Kier alpha value is -1.82. The van der Waals surface area contributed by atoms with E-state index in [9.17, 15) is 14.7 Å². The van der Waals surface area contributed by atoms with Gasteiger partial charge >= 0.3 is 6.09 Å². The number of rotatable bonds is 5. The van der Waals surface area contributed by atoms with E-state index < -0.39 is 17.7 Å². The molecule has 1 aromatic rings. The van der Waals surface area contributed by atoms with Gasteiger partial charge in [-0.05, 0) is 50.1 Å². The van der Waals surface area contributed by atoms with Crippen LogP contribution in [0.15, 0.2) is 22.9 Å². The molecule has 2 amide bonds. The second kappa shape index (κ2) is 7.26. The number of amides is 2. The minimum absolute atomic E-state index is 0.303. The quantitative estimate of drug-likeness (QED) is 0.878. The molecule has 0 spiro atoms. The van der Waals surface area contributed by atoms with Gasteiger partial charge < -0.3 is 10.4 Å². The standard InChI is InChI=1S/C15H22N2O3S/c1-11(17(14(19)20)15(2,3)4)13(18)16-8-5-6-12-7-9-21-10-12/h5-7,9-11H,8H2,1-4H3,(H,16,18)(H,19,20)/t11-/m1/s1. The van der Waals surface area contributed by atoms with Crippen molar-refractivity contribution in [3.05, 3.63) is 28.5 Å². The van der Waals surface area contributed by atoms with Gasteiger partial charge in [0.2, 0.25) is 5.91 Å². The van der Waals surface area contributed by atoms with Crippen molar-refractivity contribution in [2.24, 2.45) is 0 Å². The molecule has 0 saturated carbocycles. The third kappa shape index (κ3) is 5.23. The molecule has 0 bridgehead atoms. The first-order valence-electron chi connectivity index (χ1n) is 6.72. The Morgan fingerprint density at radius 3 is 2.62 bits per heavy atom. The van der Waals surface area contributed by atoms with Gasteiger partial charge in [0.05, 0.1) is 0 Å². The molecule has 0 fully saturated rings. The average molecular weight is 310 g/mol. The molecule has 0 radical (unpaired) electrons. The van der Waals surface area contributed by atoms with Crippen molar-refractivity contribution >= 4 is 29.4 Å². The molecule has 1 rings (SSSR count). The van der Waals surface area contributed by atoms with Crippen LogP contribution in [0.1, 0.15) is 33.3 Å². The Labute approximate surface area is 129 Å². The van der Waals surface area contributed by atoms with E-state index >= 15 is 0 Å². The topological polar surface area (TPSA) is 69.6 Å². The number of nitrogens with one attached hydrogen (secondary N) is 1. The first-order valence-corrected chi connectivity index (χ1v) is 7.66. The molecule has 1 aromatic heterocycles. The highest BCUT2D eigenvalue weighted by Gasteiger charge is 2.34. The van der Waals surface area contributed by atoms with E-state index in [0.717, 1.165) is 10.5 Å². The molecule has 0 aliphatic rings. The van der Waals surface area contributed by atoms with Gasteiger partial charge in [-0.2, -0.15) is 11.3 Å². The zero-order valence-corrected chi connectivity index (χ0v) is 13.6. The highest BCUT2D eigenvalue weighted by atomic mass is 32.1. The lowest BCUT2D eigenvalue weighted by Crippen LogP contribution is -2.55. The SMILES string of the molecule is C[C@H](C(=O)NCC=Cc1ccsc1)N(C(=O)O)C(C)(C)C. The number of carbonyl (C=O) groups excluding carboxylic acids is 1. The molecule has 6 heteroatoms. The summed E-state index contributed by atoms with van der Waals surface area (Å²) in [6.45, 7) is 7.26. The van der Waals surface area contributed by atoms with Crippen LogP contribution in [0.5, 0.6) is 0 Å². The van der Waals surface area contributed by atoms with Crippen LogP contribution in [0.2, 0.25) is 0 Å². The van der Waals surface area contributed by atoms with Crippen LogP contribution in [0.25, 0.3) is 6.08 Å². The zero-order valence-electron chi connectivity index (χ0n) is 12.8. The first-order chi connectivity index (χ1) is 9.73. The minimum Gasteiger partial charge on any atom is -0.465 e. The van der Waals surface area contributed by atoms with E-state index in [4.69, 9.17) is 0 Å². The van der Waals surface area contributed by atoms with Crippen molar-refractivity contribution in [1.29, 1.82) is 0 Å². The largest absolute Gasteiger partial charge is 0.465 e. The monoisotopic (exact) mass is 310 g/mol. The third-order valence-corrected chi connectivity index (χ3v) is 3.64. The molecular formula is C15H22N2O3S. The van der Waals surface area contributed by atoms with Crippen molar-refractivity contribution in [2.45, 2.75) is 39.3 Å². The lowest BCUT2D eigenvalue weighted by Gasteiger charge is -2.37. The number of hydrogen-bond acceptors (Lipinski definition) is 3. The fourth-order valence-electron chi connectivity index (χ4n) is 2.02. The second-order valence-electron chi connectivity index (χ2n) is 5.70. The fraction of sp³-hybridized carbons (Fsp3) is 0.467. The molecule has 2 N–H and O–H groups in total. The second-order valence-corrected chi connectivity index (χ2v) is 6.48. The summed E-state index contributed by atoms with van der Waals surface area (Å²) < 4.78 is 0. The summed E-state index contributed by atoms with van der Waals surface area (Å²) >= 11 is 1.61. The van der Waals surface area contributed by atoms with E-state index in [2.05, 4.69) is 5.32 Å². The van der Waals surface area contributed by atoms with E-state index in [1.165, 1.54) is 0 Å². The summed E-state index contributed by atoms with van der Waals surface area (Å²) in [7, 11) is 0. The summed E-state index contributed by atoms with van der Waals surface area (Å²) in [5, 5.41) is 16.0. The Bertz CT molecular complexity index is 503. The maximum atomic E-state index is 12.0. The van der Waals surface area contributed by atoms with Crippen LogP contribution < -0.4 is 5.32 Å². The van der Waals surface area contributed by atoms with Crippen LogP contribution >= 0.6 is 11.3 Å². The molecule has 21 heavy (non-hydrogen) atoms. The highest BCUT2D eigenvalue weighted by Crippen LogP contribution is 2.17. The van der Waals surface area contributed by atoms with Crippen molar-refractivity contribution in [2.75, 3.05) is 6.54 Å². The lowest BCUT2D eigenvalue weighted by molar-refractivity contribution is -0.126. The van der Waals surface area contributed by atoms with E-state index in [1.54, 1.807) is 39.0 Å². The molecule has 1 heterocycles. The molecule has 1 atom stereocenters.